The maximum absolute atomic E-state index is 5.16. The van der Waals surface area contributed by atoms with Crippen molar-refractivity contribution in [1.82, 2.24) is 19.9 Å². The van der Waals surface area contributed by atoms with Gasteiger partial charge in [0.15, 0.2) is 5.82 Å². The lowest BCUT2D eigenvalue weighted by molar-refractivity contribution is 1.18. The van der Waals surface area contributed by atoms with E-state index in [1.807, 2.05) is 48.8 Å². The Morgan fingerprint density at radius 2 is 0.833 bits per heavy atom. The third-order valence-corrected chi connectivity index (χ3v) is 8.96. The zero-order valence-corrected chi connectivity index (χ0v) is 26.0. The van der Waals surface area contributed by atoms with Crippen LogP contribution in [0.3, 0.4) is 0 Å². The lowest BCUT2D eigenvalue weighted by Gasteiger charge is -2.12. The highest BCUT2D eigenvalue weighted by atomic mass is 14.9. The van der Waals surface area contributed by atoms with Gasteiger partial charge in [-0.25, -0.2) is 9.97 Å². The number of rotatable bonds is 5. The summed E-state index contributed by atoms with van der Waals surface area (Å²) in [6, 6.07) is 54.7. The minimum absolute atomic E-state index is 0.682. The first-order valence-corrected chi connectivity index (χ1v) is 16.0. The van der Waals surface area contributed by atoms with Gasteiger partial charge in [0.05, 0.1) is 22.4 Å². The van der Waals surface area contributed by atoms with E-state index < -0.39 is 0 Å². The predicted molar refractivity (Wildman–Crippen MR) is 197 cm³/mol. The first-order valence-electron chi connectivity index (χ1n) is 16.0. The molecule has 0 amide bonds. The van der Waals surface area contributed by atoms with Gasteiger partial charge in [0.25, 0.3) is 0 Å². The Morgan fingerprint density at radius 3 is 1.48 bits per heavy atom. The highest BCUT2D eigenvalue weighted by molar-refractivity contribution is 5.96. The van der Waals surface area contributed by atoms with E-state index >= 15 is 0 Å². The van der Waals surface area contributed by atoms with Gasteiger partial charge in [-0.05, 0) is 52.2 Å². The van der Waals surface area contributed by atoms with Crippen molar-refractivity contribution in [2.45, 2.75) is 0 Å². The molecule has 224 valence electrons. The van der Waals surface area contributed by atoms with Gasteiger partial charge >= 0.3 is 0 Å². The van der Waals surface area contributed by atoms with Gasteiger partial charge in [-0.3, -0.25) is 9.97 Å². The molecule has 0 radical (unpaired) electrons. The van der Waals surface area contributed by atoms with Crippen LogP contribution in [0.1, 0.15) is 0 Å². The number of aromatic nitrogens is 4. The van der Waals surface area contributed by atoms with Crippen molar-refractivity contribution in [2.24, 2.45) is 0 Å². The largest absolute Gasteiger partial charge is 0.256 e. The van der Waals surface area contributed by atoms with Crippen LogP contribution in [-0.2, 0) is 0 Å². The highest BCUT2D eigenvalue weighted by Gasteiger charge is 2.14. The first-order chi connectivity index (χ1) is 23.7. The van der Waals surface area contributed by atoms with Gasteiger partial charge in [0.1, 0.15) is 0 Å². The van der Waals surface area contributed by atoms with E-state index in [1.165, 1.54) is 5.39 Å². The monoisotopic (exact) mass is 612 g/mol. The molecule has 0 saturated carbocycles. The number of benzene rings is 6. The maximum atomic E-state index is 5.16. The second-order valence-corrected chi connectivity index (χ2v) is 12.0. The van der Waals surface area contributed by atoms with E-state index in [9.17, 15) is 0 Å². The molecule has 0 saturated heterocycles. The molecule has 48 heavy (non-hydrogen) atoms. The van der Waals surface area contributed by atoms with E-state index in [0.717, 1.165) is 77.5 Å². The molecular weight excluding hydrogens is 585 g/mol. The fourth-order valence-corrected chi connectivity index (χ4v) is 6.41. The second-order valence-electron chi connectivity index (χ2n) is 12.0. The van der Waals surface area contributed by atoms with Crippen molar-refractivity contribution in [3.8, 4) is 56.2 Å². The summed E-state index contributed by atoms with van der Waals surface area (Å²) in [7, 11) is 0. The number of fused-ring (bicyclic) bond motifs is 3. The van der Waals surface area contributed by atoms with Crippen molar-refractivity contribution in [3.63, 3.8) is 0 Å². The second kappa shape index (κ2) is 11.7. The third-order valence-electron chi connectivity index (χ3n) is 8.96. The van der Waals surface area contributed by atoms with E-state index in [2.05, 4.69) is 131 Å². The Balaban J connectivity index is 1.13. The van der Waals surface area contributed by atoms with Gasteiger partial charge in [-0.1, -0.05) is 127 Å². The summed E-state index contributed by atoms with van der Waals surface area (Å²) in [5, 5.41) is 4.59. The van der Waals surface area contributed by atoms with Crippen molar-refractivity contribution in [2.75, 3.05) is 0 Å². The Labute approximate surface area is 278 Å². The van der Waals surface area contributed by atoms with E-state index in [0.29, 0.717) is 5.82 Å². The molecule has 9 rings (SSSR count). The SMILES string of the molecule is c1ccc2ncc(-c3ccc(-c4cc(-c5cccc6ccccc56)nc(-c5ccc(-c6cnc7ccccc7c6)cc5)n4)cc3)cc2c1. The maximum Gasteiger partial charge on any atom is 0.160 e. The van der Waals surface area contributed by atoms with Crippen molar-refractivity contribution in [3.05, 3.63) is 170 Å². The number of para-hydroxylation sites is 2. The molecule has 3 aromatic heterocycles. The summed E-state index contributed by atoms with van der Waals surface area (Å²) < 4.78 is 0. The van der Waals surface area contributed by atoms with E-state index in [4.69, 9.17) is 9.97 Å². The lowest BCUT2D eigenvalue weighted by atomic mass is 9.99. The first kappa shape index (κ1) is 27.8. The predicted octanol–water partition coefficient (Wildman–Crippen LogP) is 11.1. The summed E-state index contributed by atoms with van der Waals surface area (Å²) in [5.74, 6) is 0.682. The van der Waals surface area contributed by atoms with Gasteiger partial charge in [-0.15, -0.1) is 0 Å². The Morgan fingerprint density at radius 1 is 0.333 bits per heavy atom. The fraction of sp³-hybridized carbons (Fsp3) is 0. The molecule has 0 N–H and O–H groups in total. The van der Waals surface area contributed by atoms with Crippen LogP contribution in [0.5, 0.6) is 0 Å². The summed E-state index contributed by atoms with van der Waals surface area (Å²) in [6.45, 7) is 0. The standard InChI is InChI=1S/C44H28N4/c1-4-12-38-31(8-1)11-7-13-39(38)43-26-42(32-20-16-29(17-21-32)36-24-34-9-2-5-14-40(34)45-27-36)47-44(48-43)33-22-18-30(19-23-33)37-25-35-10-3-6-15-41(35)46-28-37/h1-28H. The zero-order valence-electron chi connectivity index (χ0n) is 26.0. The normalized spacial score (nSPS) is 11.3. The van der Waals surface area contributed by atoms with Gasteiger partial charge in [0.2, 0.25) is 0 Å². The molecule has 0 aliphatic heterocycles. The molecular formula is C44H28N4. The van der Waals surface area contributed by atoms with Gasteiger partial charge in [0, 0.05) is 51.0 Å². The molecule has 0 unspecified atom stereocenters. The number of pyridine rings is 2. The van der Waals surface area contributed by atoms with Gasteiger partial charge < -0.3 is 0 Å². The fourth-order valence-electron chi connectivity index (χ4n) is 6.41. The van der Waals surface area contributed by atoms with Crippen LogP contribution in [0.25, 0.3) is 88.7 Å². The van der Waals surface area contributed by atoms with Crippen LogP contribution in [0.4, 0.5) is 0 Å². The van der Waals surface area contributed by atoms with Crippen molar-refractivity contribution >= 4 is 32.6 Å². The zero-order chi connectivity index (χ0) is 31.9. The van der Waals surface area contributed by atoms with Crippen molar-refractivity contribution < 1.29 is 0 Å². The Kier molecular flexibility index (Phi) is 6.76. The topological polar surface area (TPSA) is 51.6 Å². The molecule has 0 bridgehead atoms. The molecule has 0 aliphatic rings. The molecule has 0 atom stereocenters. The Hall–Kier alpha value is -6.52. The van der Waals surface area contributed by atoms with Crippen LogP contribution in [0.2, 0.25) is 0 Å². The van der Waals surface area contributed by atoms with E-state index in [1.54, 1.807) is 0 Å². The minimum Gasteiger partial charge on any atom is -0.256 e. The smallest absolute Gasteiger partial charge is 0.160 e. The van der Waals surface area contributed by atoms with Gasteiger partial charge in [-0.2, -0.15) is 0 Å². The summed E-state index contributed by atoms with van der Waals surface area (Å²) in [5.41, 5.74) is 11.2. The molecule has 3 heterocycles. The summed E-state index contributed by atoms with van der Waals surface area (Å²) in [6.07, 6.45) is 3.88. The summed E-state index contributed by atoms with van der Waals surface area (Å²) in [4.78, 5) is 19.6. The average Bonchev–Trinajstić information content (AvgIpc) is 3.17. The molecule has 0 spiro atoms. The highest BCUT2D eigenvalue weighted by Crippen LogP contribution is 2.34. The van der Waals surface area contributed by atoms with Crippen LogP contribution in [0.15, 0.2) is 170 Å². The number of nitrogens with zero attached hydrogens (tertiary/aromatic N) is 4. The lowest BCUT2D eigenvalue weighted by Crippen LogP contribution is -1.96. The van der Waals surface area contributed by atoms with Crippen LogP contribution >= 0.6 is 0 Å². The van der Waals surface area contributed by atoms with Crippen LogP contribution in [0, 0.1) is 0 Å². The molecule has 6 aromatic carbocycles. The molecule has 0 aliphatic carbocycles. The van der Waals surface area contributed by atoms with Crippen LogP contribution < -0.4 is 0 Å². The van der Waals surface area contributed by atoms with Crippen LogP contribution in [-0.4, -0.2) is 19.9 Å². The quantitative estimate of drug-likeness (QED) is 0.194. The van der Waals surface area contributed by atoms with Crippen molar-refractivity contribution in [1.29, 1.82) is 0 Å². The van der Waals surface area contributed by atoms with E-state index in [-0.39, 0.29) is 0 Å². The molecule has 4 heteroatoms. The number of hydrogen-bond acceptors (Lipinski definition) is 4. The summed E-state index contributed by atoms with van der Waals surface area (Å²) >= 11 is 0. The third kappa shape index (κ3) is 5.16. The minimum atomic E-state index is 0.682. The average molecular weight is 613 g/mol. The number of hydrogen-bond donors (Lipinski definition) is 0. The molecule has 4 nitrogen and oxygen atoms in total. The molecule has 0 fully saturated rings. The molecule has 9 aromatic rings. The Bertz CT molecular complexity index is 2460.